The van der Waals surface area contributed by atoms with Crippen LogP contribution in [0.4, 0.5) is 0 Å². The zero-order valence-corrected chi connectivity index (χ0v) is 18.7. The average molecular weight is 463 g/mol. The zero-order valence-electron chi connectivity index (χ0n) is 17.1. The maximum atomic E-state index is 12.5. The monoisotopic (exact) mass is 462 g/mol. The topological polar surface area (TPSA) is 76.7 Å². The highest BCUT2D eigenvalue weighted by atomic mass is 79.9. The lowest BCUT2D eigenvalue weighted by Gasteiger charge is -2.15. The fourth-order valence-electron chi connectivity index (χ4n) is 2.52. The number of halogens is 1. The van der Waals surface area contributed by atoms with Gasteiger partial charge >= 0.3 is 0 Å². The van der Waals surface area contributed by atoms with Gasteiger partial charge in [-0.1, -0.05) is 61.8 Å². The first-order chi connectivity index (χ1) is 13.8. The van der Waals surface area contributed by atoms with E-state index in [1.165, 1.54) is 0 Å². The van der Waals surface area contributed by atoms with Gasteiger partial charge in [-0.2, -0.15) is 0 Å². The van der Waals surface area contributed by atoms with E-state index >= 15 is 0 Å². The number of carbonyl (C=O) groups is 2. The van der Waals surface area contributed by atoms with E-state index in [2.05, 4.69) is 40.6 Å². The van der Waals surface area contributed by atoms with Crippen molar-refractivity contribution in [2.45, 2.75) is 33.6 Å². The average Bonchev–Trinajstić information content (AvgIpc) is 2.69. The summed E-state index contributed by atoms with van der Waals surface area (Å²) in [5, 5.41) is 0. The quantitative estimate of drug-likeness (QED) is 0.568. The number of hydrazine groups is 1. The molecule has 0 spiro atoms. The second-order valence-electron chi connectivity index (χ2n) is 7.33. The molecule has 0 heterocycles. The van der Waals surface area contributed by atoms with Crippen LogP contribution < -0.4 is 20.3 Å². The third-order valence-corrected chi connectivity index (χ3v) is 4.47. The lowest BCUT2D eigenvalue weighted by atomic mass is 10.0. The molecule has 0 atom stereocenters. The van der Waals surface area contributed by atoms with Crippen molar-refractivity contribution in [3.63, 3.8) is 0 Å². The number of rotatable bonds is 8. The summed E-state index contributed by atoms with van der Waals surface area (Å²) >= 11 is 3.35. The van der Waals surface area contributed by atoms with Gasteiger partial charge in [0, 0.05) is 4.47 Å². The summed E-state index contributed by atoms with van der Waals surface area (Å²) in [4.78, 5) is 24.6. The molecular formula is C22H27BrN2O4. The third-order valence-electron chi connectivity index (χ3n) is 3.97. The standard InChI is InChI=1S/C22H27BrN2O4/c1-14(2)12-28-20-10-9-16(23)11-18(20)22(27)25-24-21(26)13-29-19-8-6-5-7-17(19)15(3)4/h5-11,14-15H,12-13H2,1-4H3,(H,24,26)(H,25,27). The molecule has 2 N–H and O–H groups in total. The van der Waals surface area contributed by atoms with Crippen molar-refractivity contribution in [2.75, 3.05) is 13.2 Å². The molecule has 0 fully saturated rings. The van der Waals surface area contributed by atoms with Gasteiger partial charge in [0.15, 0.2) is 6.61 Å². The summed E-state index contributed by atoms with van der Waals surface area (Å²) in [7, 11) is 0. The number of benzene rings is 2. The second kappa shape index (κ2) is 10.9. The lowest BCUT2D eigenvalue weighted by Crippen LogP contribution is -2.44. The number of carbonyl (C=O) groups excluding carboxylic acids is 2. The first-order valence-corrected chi connectivity index (χ1v) is 10.3. The van der Waals surface area contributed by atoms with E-state index in [1.807, 2.05) is 38.1 Å². The van der Waals surface area contributed by atoms with Crippen molar-refractivity contribution in [2.24, 2.45) is 5.92 Å². The maximum Gasteiger partial charge on any atom is 0.276 e. The largest absolute Gasteiger partial charge is 0.492 e. The molecule has 0 aliphatic rings. The molecule has 156 valence electrons. The minimum Gasteiger partial charge on any atom is -0.492 e. The number of amides is 2. The molecule has 7 heteroatoms. The van der Waals surface area contributed by atoms with Crippen LogP contribution in [-0.4, -0.2) is 25.0 Å². The van der Waals surface area contributed by atoms with Gasteiger partial charge in [0.05, 0.1) is 12.2 Å². The Hall–Kier alpha value is -2.54. The van der Waals surface area contributed by atoms with Gasteiger partial charge in [-0.3, -0.25) is 20.4 Å². The van der Waals surface area contributed by atoms with Gasteiger partial charge in [-0.05, 0) is 41.7 Å². The van der Waals surface area contributed by atoms with Crippen LogP contribution in [0.25, 0.3) is 0 Å². The van der Waals surface area contributed by atoms with E-state index in [-0.39, 0.29) is 12.5 Å². The van der Waals surface area contributed by atoms with Crippen LogP contribution >= 0.6 is 15.9 Å². The molecule has 6 nitrogen and oxygen atoms in total. The van der Waals surface area contributed by atoms with Crippen molar-refractivity contribution in [1.29, 1.82) is 0 Å². The van der Waals surface area contributed by atoms with E-state index in [4.69, 9.17) is 9.47 Å². The molecule has 0 aliphatic carbocycles. The fraction of sp³-hybridized carbons (Fsp3) is 0.364. The summed E-state index contributed by atoms with van der Waals surface area (Å²) in [6.45, 7) is 8.43. The Morgan fingerprint density at radius 2 is 1.69 bits per heavy atom. The van der Waals surface area contributed by atoms with E-state index in [0.717, 1.165) is 10.0 Å². The van der Waals surface area contributed by atoms with Crippen LogP contribution in [-0.2, 0) is 4.79 Å². The highest BCUT2D eigenvalue weighted by molar-refractivity contribution is 9.10. The zero-order chi connectivity index (χ0) is 21.4. The molecule has 0 radical (unpaired) electrons. The van der Waals surface area contributed by atoms with Crippen molar-refractivity contribution in [3.05, 3.63) is 58.1 Å². The first-order valence-electron chi connectivity index (χ1n) is 9.51. The molecule has 0 unspecified atom stereocenters. The van der Waals surface area contributed by atoms with Gasteiger partial charge in [0.1, 0.15) is 11.5 Å². The summed E-state index contributed by atoms with van der Waals surface area (Å²) in [5.74, 6) is 0.767. The van der Waals surface area contributed by atoms with Crippen LogP contribution in [0.15, 0.2) is 46.9 Å². The summed E-state index contributed by atoms with van der Waals surface area (Å²) < 4.78 is 12.0. The molecule has 2 rings (SSSR count). The molecule has 2 aromatic carbocycles. The Morgan fingerprint density at radius 3 is 2.38 bits per heavy atom. The summed E-state index contributed by atoms with van der Waals surface area (Å²) in [6.07, 6.45) is 0. The van der Waals surface area contributed by atoms with Crippen molar-refractivity contribution in [3.8, 4) is 11.5 Å². The number of para-hydroxylation sites is 1. The second-order valence-corrected chi connectivity index (χ2v) is 8.24. The number of hydrogen-bond acceptors (Lipinski definition) is 4. The minimum absolute atomic E-state index is 0.209. The molecule has 29 heavy (non-hydrogen) atoms. The van der Waals surface area contributed by atoms with Crippen LogP contribution in [0.5, 0.6) is 11.5 Å². The Morgan fingerprint density at radius 1 is 0.966 bits per heavy atom. The number of hydrogen-bond donors (Lipinski definition) is 2. The molecule has 0 bridgehead atoms. The Labute approximate surface area is 180 Å². The van der Waals surface area contributed by atoms with Crippen LogP contribution in [0.2, 0.25) is 0 Å². The molecule has 0 saturated carbocycles. The van der Waals surface area contributed by atoms with Gasteiger partial charge in [-0.25, -0.2) is 0 Å². The molecule has 0 saturated heterocycles. The third kappa shape index (κ3) is 7.09. The van der Waals surface area contributed by atoms with Crippen molar-refractivity contribution >= 4 is 27.7 Å². The van der Waals surface area contributed by atoms with Gasteiger partial charge in [0.2, 0.25) is 0 Å². The molecule has 2 aromatic rings. The highest BCUT2D eigenvalue weighted by Gasteiger charge is 2.15. The summed E-state index contributed by atoms with van der Waals surface area (Å²) in [6, 6.07) is 12.7. The smallest absolute Gasteiger partial charge is 0.276 e. The lowest BCUT2D eigenvalue weighted by molar-refractivity contribution is -0.123. The normalized spacial score (nSPS) is 10.7. The first kappa shape index (κ1) is 22.7. The van der Waals surface area contributed by atoms with E-state index in [0.29, 0.717) is 29.6 Å². The number of nitrogens with one attached hydrogen (secondary N) is 2. The highest BCUT2D eigenvalue weighted by Crippen LogP contribution is 2.26. The van der Waals surface area contributed by atoms with Crippen LogP contribution in [0.1, 0.15) is 49.5 Å². The Kier molecular flexibility index (Phi) is 8.51. The molecule has 2 amide bonds. The molecule has 0 aliphatic heterocycles. The van der Waals surface area contributed by atoms with Crippen LogP contribution in [0, 0.1) is 5.92 Å². The number of ether oxygens (including phenoxy) is 2. The predicted molar refractivity (Wildman–Crippen MR) is 116 cm³/mol. The van der Waals surface area contributed by atoms with Gasteiger partial charge in [-0.15, -0.1) is 0 Å². The Balaban J connectivity index is 1.94. The Bertz CT molecular complexity index is 852. The SMILES string of the molecule is CC(C)COc1ccc(Br)cc1C(=O)NNC(=O)COc1ccccc1C(C)C. The van der Waals surface area contributed by atoms with E-state index < -0.39 is 11.8 Å². The van der Waals surface area contributed by atoms with Crippen molar-refractivity contribution < 1.29 is 19.1 Å². The molecule has 0 aromatic heterocycles. The summed E-state index contributed by atoms with van der Waals surface area (Å²) in [5.41, 5.74) is 6.13. The van der Waals surface area contributed by atoms with Gasteiger partial charge < -0.3 is 9.47 Å². The fourth-order valence-corrected chi connectivity index (χ4v) is 2.89. The van der Waals surface area contributed by atoms with E-state index in [1.54, 1.807) is 18.2 Å². The maximum absolute atomic E-state index is 12.5. The minimum atomic E-state index is -0.471. The van der Waals surface area contributed by atoms with Crippen molar-refractivity contribution in [1.82, 2.24) is 10.9 Å². The van der Waals surface area contributed by atoms with E-state index in [9.17, 15) is 9.59 Å². The van der Waals surface area contributed by atoms with Crippen LogP contribution in [0.3, 0.4) is 0 Å². The molecular weight excluding hydrogens is 436 g/mol. The van der Waals surface area contributed by atoms with Gasteiger partial charge in [0.25, 0.3) is 11.8 Å². The predicted octanol–water partition coefficient (Wildman–Crippen LogP) is 4.45.